The molecular weight excluding hydrogens is 527 g/mol. The quantitative estimate of drug-likeness (QED) is 0.122. The van der Waals surface area contributed by atoms with Gasteiger partial charge in [-0.05, 0) is 55.5 Å². The van der Waals surface area contributed by atoms with Crippen LogP contribution >= 0.6 is 7.75 Å². The highest BCUT2D eigenvalue weighted by Gasteiger charge is 2.42. The van der Waals surface area contributed by atoms with Gasteiger partial charge in [-0.15, -0.1) is 5.75 Å². The van der Waals surface area contributed by atoms with E-state index in [-0.39, 0.29) is 17.2 Å². The Morgan fingerprint density at radius 3 is 1.51 bits per heavy atom. The topological polar surface area (TPSA) is 141 Å². The molecule has 11 nitrogen and oxygen atoms in total. The number of pyridine rings is 1. The SMILES string of the molecule is COc1ccc(OP(=O)(Oc2ccc(OC)cc2)[n+]2ccc(C(C)=O)cc2)cc1.O=[N+]([O-])c1ccc([O-])cc1. The van der Waals surface area contributed by atoms with Gasteiger partial charge in [-0.2, -0.15) is 4.57 Å². The van der Waals surface area contributed by atoms with Gasteiger partial charge in [-0.3, -0.25) is 14.9 Å². The van der Waals surface area contributed by atoms with Crippen molar-refractivity contribution in [1.29, 1.82) is 0 Å². The molecule has 0 saturated heterocycles. The normalized spacial score (nSPS) is 10.4. The Balaban J connectivity index is 0.000000353. The Labute approximate surface area is 224 Å². The number of non-ortho nitro benzene ring substituents is 1. The third-order valence-electron chi connectivity index (χ3n) is 5.11. The van der Waals surface area contributed by atoms with Gasteiger partial charge in [0, 0.05) is 29.8 Å². The predicted octanol–water partition coefficient (Wildman–Crippen LogP) is 4.98. The first kappa shape index (κ1) is 28.7. The molecule has 0 aliphatic rings. The molecule has 202 valence electrons. The lowest BCUT2D eigenvalue weighted by Gasteiger charge is -2.14. The number of benzene rings is 3. The predicted molar refractivity (Wildman–Crippen MR) is 139 cm³/mol. The second kappa shape index (κ2) is 13.1. The number of rotatable bonds is 9. The number of methoxy groups -OCH3 is 2. The van der Waals surface area contributed by atoms with Gasteiger partial charge in [0.05, 0.1) is 19.1 Å². The molecular formula is C27H25N2O9P. The van der Waals surface area contributed by atoms with Crippen LogP contribution in [0.25, 0.3) is 0 Å². The number of carbonyl (C=O) groups is 1. The lowest BCUT2D eigenvalue weighted by atomic mass is 10.2. The van der Waals surface area contributed by atoms with E-state index in [4.69, 9.17) is 18.5 Å². The van der Waals surface area contributed by atoms with Crippen LogP contribution in [-0.4, -0.2) is 24.9 Å². The van der Waals surface area contributed by atoms with Crippen LogP contribution in [0.5, 0.6) is 28.7 Å². The molecule has 39 heavy (non-hydrogen) atoms. The smallest absolute Gasteiger partial charge is 0.728 e. The number of ketones is 1. The molecule has 3 aromatic carbocycles. The van der Waals surface area contributed by atoms with Gasteiger partial charge in [0.2, 0.25) is 0 Å². The van der Waals surface area contributed by atoms with E-state index >= 15 is 0 Å². The summed E-state index contributed by atoms with van der Waals surface area (Å²) in [4.78, 5) is 21.0. The number of nitro groups is 1. The number of aromatic nitrogens is 1. The molecule has 0 aliphatic heterocycles. The highest BCUT2D eigenvalue weighted by molar-refractivity contribution is 7.47. The van der Waals surface area contributed by atoms with Gasteiger partial charge in [0.25, 0.3) is 5.69 Å². The van der Waals surface area contributed by atoms with E-state index in [1.54, 1.807) is 74.9 Å². The van der Waals surface area contributed by atoms with Gasteiger partial charge >= 0.3 is 7.75 Å². The van der Waals surface area contributed by atoms with E-state index in [0.717, 1.165) is 12.1 Å². The summed E-state index contributed by atoms with van der Waals surface area (Å²) in [7, 11) is -0.778. The highest BCUT2D eigenvalue weighted by Crippen LogP contribution is 2.44. The van der Waals surface area contributed by atoms with Crippen molar-refractivity contribution in [2.45, 2.75) is 6.92 Å². The van der Waals surface area contributed by atoms with E-state index in [1.165, 1.54) is 35.8 Å². The van der Waals surface area contributed by atoms with Crippen LogP contribution < -0.4 is 28.0 Å². The van der Waals surface area contributed by atoms with Crippen molar-refractivity contribution in [3.63, 3.8) is 0 Å². The number of carbonyl (C=O) groups excluding carboxylic acids is 1. The standard InChI is InChI=1S/C21H21NO6P.C6H5NO3/c1-16(23)17-12-14-22(15-13-17)29(24,27-20-8-4-18(25-2)5-9-20)28-21-10-6-19(26-3)7-11-21;8-6-3-1-5(2-4-6)7(9)10/h4-15H,1-3H3;1-4,8H/q+1;/p-1. The summed E-state index contributed by atoms with van der Waals surface area (Å²) in [6, 6.07) is 21.1. The van der Waals surface area contributed by atoms with E-state index in [1.807, 2.05) is 0 Å². The van der Waals surface area contributed by atoms with Crippen molar-refractivity contribution in [3.8, 4) is 28.7 Å². The number of nitrogens with zero attached hydrogens (tertiary/aromatic N) is 2. The third-order valence-corrected chi connectivity index (χ3v) is 6.83. The van der Waals surface area contributed by atoms with Crippen LogP contribution in [0.2, 0.25) is 0 Å². The Kier molecular flexibility index (Phi) is 9.61. The average molecular weight is 552 g/mol. The number of nitro benzene ring substituents is 1. The lowest BCUT2D eigenvalue weighted by molar-refractivity contribution is -0.536. The minimum Gasteiger partial charge on any atom is -0.872 e. The molecule has 0 atom stereocenters. The Morgan fingerprint density at radius 2 is 1.15 bits per heavy atom. The van der Waals surface area contributed by atoms with Crippen molar-refractivity contribution in [2.24, 2.45) is 0 Å². The number of hydrogen-bond donors (Lipinski definition) is 0. The monoisotopic (exact) mass is 552 g/mol. The molecule has 0 N–H and O–H groups in total. The Morgan fingerprint density at radius 1 is 0.744 bits per heavy atom. The molecule has 1 aromatic heterocycles. The first-order valence-corrected chi connectivity index (χ1v) is 12.8. The van der Waals surface area contributed by atoms with Crippen LogP contribution in [0.3, 0.4) is 0 Å². The zero-order chi connectivity index (χ0) is 28.4. The van der Waals surface area contributed by atoms with Gasteiger partial charge < -0.3 is 23.6 Å². The van der Waals surface area contributed by atoms with Crippen molar-refractivity contribution < 1.29 is 42.2 Å². The van der Waals surface area contributed by atoms with Crippen LogP contribution in [0.4, 0.5) is 5.69 Å². The fourth-order valence-corrected chi connectivity index (χ4v) is 4.50. The minimum atomic E-state index is -3.89. The summed E-state index contributed by atoms with van der Waals surface area (Å²) in [6.45, 7) is 1.46. The van der Waals surface area contributed by atoms with E-state index < -0.39 is 12.7 Å². The van der Waals surface area contributed by atoms with Crippen LogP contribution in [0.15, 0.2) is 97.3 Å². The van der Waals surface area contributed by atoms with E-state index in [2.05, 4.69) is 0 Å². The first-order chi connectivity index (χ1) is 18.6. The second-order valence-electron chi connectivity index (χ2n) is 7.78. The molecule has 0 bridgehead atoms. The zero-order valence-corrected chi connectivity index (χ0v) is 22.1. The lowest BCUT2D eigenvalue weighted by Crippen LogP contribution is -2.35. The molecule has 4 aromatic rings. The maximum absolute atomic E-state index is 13.7. The van der Waals surface area contributed by atoms with Crippen molar-refractivity contribution in [3.05, 3.63) is 113 Å². The second-order valence-corrected chi connectivity index (χ2v) is 9.54. The van der Waals surface area contributed by atoms with Gasteiger partial charge in [0.15, 0.2) is 18.2 Å². The fourth-order valence-electron chi connectivity index (χ4n) is 3.04. The average Bonchev–Trinajstić information content (AvgIpc) is 2.94. The van der Waals surface area contributed by atoms with Crippen molar-refractivity contribution in [2.75, 3.05) is 14.2 Å². The van der Waals surface area contributed by atoms with Crippen LogP contribution in [-0.2, 0) is 4.57 Å². The number of hydrogen-bond acceptors (Lipinski definition) is 9. The molecule has 12 heteroatoms. The molecule has 0 spiro atoms. The number of Topliss-reactive ketones (excluding diaryl/α,β-unsaturated/α-hetero) is 1. The van der Waals surface area contributed by atoms with E-state index in [0.29, 0.717) is 28.6 Å². The fraction of sp³-hybridized carbons (Fsp3) is 0.111. The minimum absolute atomic E-state index is 0.0559. The Hall–Kier alpha value is -4.89. The zero-order valence-electron chi connectivity index (χ0n) is 21.3. The molecule has 0 saturated carbocycles. The van der Waals surface area contributed by atoms with Crippen LogP contribution in [0, 0.1) is 10.1 Å². The summed E-state index contributed by atoms with van der Waals surface area (Å²) in [5.41, 5.74) is 0.432. The molecule has 0 unspecified atom stereocenters. The molecule has 0 aliphatic carbocycles. The highest BCUT2D eigenvalue weighted by atomic mass is 31.2. The summed E-state index contributed by atoms with van der Waals surface area (Å²) < 4.78 is 36.8. The van der Waals surface area contributed by atoms with Crippen molar-refractivity contribution >= 4 is 19.2 Å². The molecule has 0 fully saturated rings. The summed E-state index contributed by atoms with van der Waals surface area (Å²) in [6.07, 6.45) is 2.98. The summed E-state index contributed by atoms with van der Waals surface area (Å²) in [5, 5.41) is 20.4. The van der Waals surface area contributed by atoms with Gasteiger partial charge in [-0.1, -0.05) is 16.5 Å². The third kappa shape index (κ3) is 8.05. The Bertz CT molecular complexity index is 1390. The maximum atomic E-state index is 13.7. The molecule has 0 radical (unpaired) electrons. The summed E-state index contributed by atoms with van der Waals surface area (Å²) >= 11 is 0. The number of ether oxygens (including phenoxy) is 2. The molecule has 1 heterocycles. The van der Waals surface area contributed by atoms with E-state index in [9.17, 15) is 24.6 Å². The largest absolute Gasteiger partial charge is 0.872 e. The maximum Gasteiger partial charge on any atom is 0.728 e. The summed E-state index contributed by atoms with van der Waals surface area (Å²) in [5.74, 6) is 1.64. The van der Waals surface area contributed by atoms with Crippen molar-refractivity contribution in [1.82, 2.24) is 0 Å². The molecule has 4 rings (SSSR count). The molecule has 0 amide bonds. The van der Waals surface area contributed by atoms with Gasteiger partial charge in [0.1, 0.15) is 23.0 Å². The van der Waals surface area contributed by atoms with Crippen LogP contribution in [0.1, 0.15) is 17.3 Å². The first-order valence-electron chi connectivity index (χ1n) is 11.4. The van der Waals surface area contributed by atoms with Gasteiger partial charge in [-0.25, -0.2) is 0 Å².